The summed E-state index contributed by atoms with van der Waals surface area (Å²) in [7, 11) is 0. The van der Waals surface area contributed by atoms with Gasteiger partial charge in [0.2, 0.25) is 0 Å². The second-order valence-corrected chi connectivity index (χ2v) is 2.79. The monoisotopic (exact) mass is 168 g/mol. The third kappa shape index (κ3) is 1.68. The molecule has 0 aromatic carbocycles. The lowest BCUT2D eigenvalue weighted by atomic mass is 10.1. The lowest BCUT2D eigenvalue weighted by Crippen LogP contribution is -2.30. The molecule has 0 saturated carbocycles. The maximum Gasteiger partial charge on any atom is 0.109 e. The Morgan fingerprint density at radius 2 is 2.33 bits per heavy atom. The molecule has 2 heterocycles. The van der Waals surface area contributed by atoms with Gasteiger partial charge in [0.25, 0.3) is 0 Å². The topological polar surface area (TPSA) is 27.7 Å². The van der Waals surface area contributed by atoms with Gasteiger partial charge in [0, 0.05) is 5.57 Å². The van der Waals surface area contributed by atoms with Gasteiger partial charge < -0.3 is 14.2 Å². The maximum atomic E-state index is 5.49. The summed E-state index contributed by atoms with van der Waals surface area (Å²) >= 11 is 0. The Bertz CT molecular complexity index is 202. The van der Waals surface area contributed by atoms with Gasteiger partial charge in [0.15, 0.2) is 0 Å². The molecule has 1 saturated heterocycles. The summed E-state index contributed by atoms with van der Waals surface area (Å²) in [4.78, 5) is 0. The lowest BCUT2D eigenvalue weighted by Gasteiger charge is -2.24. The van der Waals surface area contributed by atoms with Gasteiger partial charge in [-0.05, 0) is 6.08 Å². The highest BCUT2D eigenvalue weighted by atomic mass is 16.6. The molecule has 2 aliphatic rings. The highest BCUT2D eigenvalue weighted by Gasteiger charge is 2.18. The van der Waals surface area contributed by atoms with Crippen molar-refractivity contribution in [3.63, 3.8) is 0 Å². The van der Waals surface area contributed by atoms with Crippen molar-refractivity contribution in [1.29, 1.82) is 0 Å². The van der Waals surface area contributed by atoms with Gasteiger partial charge >= 0.3 is 0 Å². The molecule has 3 nitrogen and oxygen atoms in total. The van der Waals surface area contributed by atoms with Crippen LogP contribution in [0, 0.1) is 0 Å². The van der Waals surface area contributed by atoms with E-state index < -0.39 is 0 Å². The number of hydrogen-bond donors (Lipinski definition) is 0. The van der Waals surface area contributed by atoms with Gasteiger partial charge in [-0.1, -0.05) is 6.08 Å². The van der Waals surface area contributed by atoms with Crippen LogP contribution in [-0.4, -0.2) is 32.5 Å². The zero-order chi connectivity index (χ0) is 8.23. The third-order valence-corrected chi connectivity index (χ3v) is 1.91. The van der Waals surface area contributed by atoms with Gasteiger partial charge in [-0.25, -0.2) is 0 Å². The van der Waals surface area contributed by atoms with Crippen molar-refractivity contribution in [1.82, 2.24) is 0 Å². The van der Waals surface area contributed by atoms with Crippen molar-refractivity contribution in [2.75, 3.05) is 26.4 Å². The van der Waals surface area contributed by atoms with Crippen LogP contribution in [0.1, 0.15) is 0 Å². The van der Waals surface area contributed by atoms with Crippen molar-refractivity contribution in [2.24, 2.45) is 0 Å². The molecule has 3 heteroatoms. The molecule has 1 atom stereocenters. The van der Waals surface area contributed by atoms with Crippen molar-refractivity contribution in [3.05, 3.63) is 24.0 Å². The van der Waals surface area contributed by atoms with E-state index in [1.807, 2.05) is 12.2 Å². The van der Waals surface area contributed by atoms with Gasteiger partial charge in [0.05, 0.1) is 26.1 Å². The number of hydrogen-bond acceptors (Lipinski definition) is 3. The van der Waals surface area contributed by atoms with Crippen LogP contribution in [0.3, 0.4) is 0 Å². The van der Waals surface area contributed by atoms with Crippen LogP contribution in [0.4, 0.5) is 0 Å². The molecule has 0 spiro atoms. The molecule has 1 unspecified atom stereocenters. The molecular formula is C9H12O3. The van der Waals surface area contributed by atoms with E-state index in [9.17, 15) is 0 Å². The Morgan fingerprint density at radius 1 is 1.33 bits per heavy atom. The van der Waals surface area contributed by atoms with E-state index in [2.05, 4.69) is 0 Å². The fraction of sp³-hybridized carbons (Fsp3) is 0.556. The molecule has 2 rings (SSSR count). The second kappa shape index (κ2) is 3.74. The summed E-state index contributed by atoms with van der Waals surface area (Å²) in [6.07, 6.45) is 5.82. The maximum absolute atomic E-state index is 5.49. The minimum atomic E-state index is 0.0651. The number of ether oxygens (including phenoxy) is 3. The predicted octanol–water partition coefficient (Wildman–Crippen LogP) is 0.872. The summed E-state index contributed by atoms with van der Waals surface area (Å²) in [5, 5.41) is 0. The van der Waals surface area contributed by atoms with Gasteiger partial charge in [-0.3, -0.25) is 0 Å². The highest BCUT2D eigenvalue weighted by molar-refractivity contribution is 5.23. The largest absolute Gasteiger partial charge is 0.497 e. The van der Waals surface area contributed by atoms with Crippen LogP contribution in [0.25, 0.3) is 0 Å². The van der Waals surface area contributed by atoms with Crippen molar-refractivity contribution < 1.29 is 14.2 Å². The number of rotatable bonds is 1. The predicted molar refractivity (Wildman–Crippen MR) is 43.7 cm³/mol. The van der Waals surface area contributed by atoms with Crippen molar-refractivity contribution in [2.45, 2.75) is 6.10 Å². The van der Waals surface area contributed by atoms with E-state index >= 15 is 0 Å². The second-order valence-electron chi connectivity index (χ2n) is 2.79. The van der Waals surface area contributed by atoms with Crippen LogP contribution in [0.5, 0.6) is 0 Å². The Labute approximate surface area is 71.6 Å². The van der Waals surface area contributed by atoms with E-state index in [0.717, 1.165) is 5.57 Å². The first-order valence-electron chi connectivity index (χ1n) is 4.14. The quantitative estimate of drug-likeness (QED) is 0.581. The zero-order valence-corrected chi connectivity index (χ0v) is 6.86. The summed E-state index contributed by atoms with van der Waals surface area (Å²) in [6, 6.07) is 0. The minimum Gasteiger partial charge on any atom is -0.497 e. The molecule has 66 valence electrons. The standard InChI is InChI=1S/C9H12O3/c1-2-8(6-10-3-1)9-7-11-4-5-12-9/h1-2,6,9H,3-5,7H2. The summed E-state index contributed by atoms with van der Waals surface area (Å²) in [5.41, 5.74) is 1.07. The minimum absolute atomic E-state index is 0.0651. The molecule has 0 bridgehead atoms. The molecular weight excluding hydrogens is 156 g/mol. The summed E-state index contributed by atoms with van der Waals surface area (Å²) < 4.78 is 15.9. The molecule has 12 heavy (non-hydrogen) atoms. The van der Waals surface area contributed by atoms with E-state index in [-0.39, 0.29) is 6.10 Å². The fourth-order valence-corrected chi connectivity index (χ4v) is 1.29. The van der Waals surface area contributed by atoms with Gasteiger partial charge in [-0.2, -0.15) is 0 Å². The first-order valence-corrected chi connectivity index (χ1v) is 4.14. The van der Waals surface area contributed by atoms with Crippen LogP contribution >= 0.6 is 0 Å². The van der Waals surface area contributed by atoms with Crippen molar-refractivity contribution >= 4 is 0 Å². The van der Waals surface area contributed by atoms with Crippen LogP contribution in [0.2, 0.25) is 0 Å². The summed E-state index contributed by atoms with van der Waals surface area (Å²) in [5.74, 6) is 0. The fourth-order valence-electron chi connectivity index (χ4n) is 1.29. The smallest absolute Gasteiger partial charge is 0.109 e. The first-order chi connectivity index (χ1) is 5.97. The van der Waals surface area contributed by atoms with Gasteiger partial charge in [0.1, 0.15) is 12.7 Å². The molecule has 0 amide bonds. The lowest BCUT2D eigenvalue weighted by molar-refractivity contribution is -0.0719. The molecule has 0 aromatic rings. The Morgan fingerprint density at radius 3 is 3.00 bits per heavy atom. The van der Waals surface area contributed by atoms with Crippen LogP contribution in [-0.2, 0) is 14.2 Å². The van der Waals surface area contributed by atoms with Crippen LogP contribution in [0.15, 0.2) is 24.0 Å². The Hall–Kier alpha value is -0.800. The molecule has 0 radical (unpaired) electrons. The molecule has 0 aliphatic carbocycles. The Balaban J connectivity index is 1.97. The van der Waals surface area contributed by atoms with Crippen LogP contribution < -0.4 is 0 Å². The first kappa shape index (κ1) is 7.83. The third-order valence-electron chi connectivity index (χ3n) is 1.91. The molecule has 2 aliphatic heterocycles. The van der Waals surface area contributed by atoms with E-state index in [4.69, 9.17) is 14.2 Å². The van der Waals surface area contributed by atoms with E-state index in [1.54, 1.807) is 6.26 Å². The van der Waals surface area contributed by atoms with Crippen molar-refractivity contribution in [3.8, 4) is 0 Å². The molecule has 0 N–H and O–H groups in total. The average Bonchev–Trinajstić information content (AvgIpc) is 2.21. The normalized spacial score (nSPS) is 29.3. The van der Waals surface area contributed by atoms with Gasteiger partial charge in [-0.15, -0.1) is 0 Å². The zero-order valence-electron chi connectivity index (χ0n) is 6.86. The average molecular weight is 168 g/mol. The molecule has 0 aromatic heterocycles. The molecule has 1 fully saturated rings. The Kier molecular flexibility index (Phi) is 2.44. The highest BCUT2D eigenvalue weighted by Crippen LogP contribution is 2.15. The van der Waals surface area contributed by atoms with E-state index in [1.165, 1.54) is 0 Å². The summed E-state index contributed by atoms with van der Waals surface area (Å²) in [6.45, 7) is 2.68. The SMILES string of the molecule is C1=CC(C2COCCO2)=COC1. The van der Waals surface area contributed by atoms with E-state index in [0.29, 0.717) is 26.4 Å².